The number of aromatic nitrogens is 5. The van der Waals surface area contributed by atoms with Gasteiger partial charge in [0.05, 0.1) is 12.8 Å². The lowest BCUT2D eigenvalue weighted by molar-refractivity contribution is 0.393. The Hall–Kier alpha value is -2.35. The van der Waals surface area contributed by atoms with Gasteiger partial charge in [-0.15, -0.1) is 5.10 Å². The van der Waals surface area contributed by atoms with Crippen LogP contribution >= 0.6 is 11.8 Å². The summed E-state index contributed by atoms with van der Waals surface area (Å²) in [4.78, 5) is 0. The Kier molecular flexibility index (Phi) is 4.10. The zero-order valence-electron chi connectivity index (χ0n) is 12.5. The van der Waals surface area contributed by atoms with Crippen LogP contribution in [0.5, 0.6) is 5.75 Å². The van der Waals surface area contributed by atoms with Crippen LogP contribution < -0.4 is 4.74 Å². The summed E-state index contributed by atoms with van der Waals surface area (Å²) in [6.07, 6.45) is 0. The lowest BCUT2D eigenvalue weighted by Gasteiger charge is -2.10. The van der Waals surface area contributed by atoms with Crippen molar-refractivity contribution >= 4 is 11.8 Å². The van der Waals surface area contributed by atoms with E-state index in [4.69, 9.17) is 9.26 Å². The predicted octanol–water partition coefficient (Wildman–Crippen LogP) is 2.57. The molecular weight excluding hydrogens is 302 g/mol. The quantitative estimate of drug-likeness (QED) is 0.669. The summed E-state index contributed by atoms with van der Waals surface area (Å²) in [5, 5.41) is 16.5. The molecule has 114 valence electrons. The number of rotatable bonds is 5. The van der Waals surface area contributed by atoms with E-state index in [9.17, 15) is 0 Å². The summed E-state index contributed by atoms with van der Waals surface area (Å²) in [7, 11) is 1.63. The number of methoxy groups -OCH3 is 1. The Morgan fingerprint density at radius 3 is 2.86 bits per heavy atom. The van der Waals surface area contributed by atoms with E-state index in [0.29, 0.717) is 10.9 Å². The minimum Gasteiger partial charge on any atom is -0.494 e. The highest BCUT2D eigenvalue weighted by molar-refractivity contribution is 7.98. The van der Waals surface area contributed by atoms with Crippen molar-refractivity contribution in [3.8, 4) is 11.4 Å². The van der Waals surface area contributed by atoms with Gasteiger partial charge in [0, 0.05) is 11.8 Å². The van der Waals surface area contributed by atoms with E-state index in [1.165, 1.54) is 11.8 Å². The highest BCUT2D eigenvalue weighted by Crippen LogP contribution is 2.28. The van der Waals surface area contributed by atoms with Gasteiger partial charge >= 0.3 is 0 Å². The average Bonchev–Trinajstić information content (AvgIpc) is 3.13. The first-order valence-corrected chi connectivity index (χ1v) is 7.64. The Labute approximate surface area is 131 Å². The second-order valence-corrected chi connectivity index (χ2v) is 5.71. The molecule has 0 atom stereocenters. The molecule has 0 spiro atoms. The van der Waals surface area contributed by atoms with E-state index in [2.05, 4.69) is 20.7 Å². The van der Waals surface area contributed by atoms with Crippen LogP contribution in [0.3, 0.4) is 0 Å². The van der Waals surface area contributed by atoms with Gasteiger partial charge < -0.3 is 9.26 Å². The summed E-state index contributed by atoms with van der Waals surface area (Å²) in [6, 6.07) is 7.77. The molecular formula is C14H15N5O2S. The van der Waals surface area contributed by atoms with E-state index in [1.807, 2.05) is 38.1 Å². The van der Waals surface area contributed by atoms with E-state index >= 15 is 0 Å². The minimum absolute atomic E-state index is 0.631. The molecule has 0 saturated carbocycles. The van der Waals surface area contributed by atoms with Gasteiger partial charge in [-0.05, 0) is 42.0 Å². The van der Waals surface area contributed by atoms with Crippen LogP contribution in [0.15, 0.2) is 33.9 Å². The largest absolute Gasteiger partial charge is 0.494 e. The third kappa shape index (κ3) is 2.96. The second kappa shape index (κ2) is 6.18. The van der Waals surface area contributed by atoms with Gasteiger partial charge in [-0.2, -0.15) is 4.68 Å². The molecule has 0 N–H and O–H groups in total. The summed E-state index contributed by atoms with van der Waals surface area (Å²) in [6.45, 7) is 3.88. The molecule has 0 aliphatic carbocycles. The first-order chi connectivity index (χ1) is 10.7. The summed E-state index contributed by atoms with van der Waals surface area (Å²) >= 11 is 1.49. The van der Waals surface area contributed by atoms with E-state index in [1.54, 1.807) is 11.8 Å². The third-order valence-corrected chi connectivity index (χ3v) is 3.98. The zero-order chi connectivity index (χ0) is 15.5. The van der Waals surface area contributed by atoms with Gasteiger partial charge in [-0.1, -0.05) is 23.0 Å². The standard InChI is InChI=1S/C14H15N5O2S/c1-9-4-5-13(20-3)12(6-9)19-14(15-17-18-19)22-8-11-7-10(2)21-16-11/h4-7H,8H2,1-3H3. The molecule has 0 aliphatic rings. The van der Waals surface area contributed by atoms with Crippen molar-refractivity contribution in [2.45, 2.75) is 24.8 Å². The van der Waals surface area contributed by atoms with Gasteiger partial charge in [-0.3, -0.25) is 0 Å². The summed E-state index contributed by atoms with van der Waals surface area (Å²) in [5.41, 5.74) is 2.77. The molecule has 8 heteroatoms. The molecule has 0 radical (unpaired) electrons. The summed E-state index contributed by atoms with van der Waals surface area (Å²) < 4.78 is 12.1. The molecule has 0 saturated heterocycles. The maximum absolute atomic E-state index is 5.39. The molecule has 7 nitrogen and oxygen atoms in total. The molecule has 0 amide bonds. The smallest absolute Gasteiger partial charge is 0.214 e. The molecule has 0 bridgehead atoms. The molecule has 0 unspecified atom stereocenters. The van der Waals surface area contributed by atoms with Crippen LogP contribution in [0.4, 0.5) is 0 Å². The number of hydrogen-bond acceptors (Lipinski definition) is 7. The Morgan fingerprint density at radius 2 is 2.14 bits per heavy atom. The number of thioether (sulfide) groups is 1. The van der Waals surface area contributed by atoms with E-state index < -0.39 is 0 Å². The number of ether oxygens (including phenoxy) is 1. The molecule has 0 aliphatic heterocycles. The fourth-order valence-electron chi connectivity index (χ4n) is 2.01. The average molecular weight is 317 g/mol. The lowest BCUT2D eigenvalue weighted by atomic mass is 10.2. The Bertz CT molecular complexity index is 783. The van der Waals surface area contributed by atoms with Gasteiger partial charge in [0.25, 0.3) is 0 Å². The number of nitrogens with zero attached hydrogens (tertiary/aromatic N) is 5. The van der Waals surface area contributed by atoms with Crippen LogP contribution in [0.25, 0.3) is 5.69 Å². The highest BCUT2D eigenvalue weighted by atomic mass is 32.2. The Balaban J connectivity index is 1.87. The molecule has 2 aromatic heterocycles. The van der Waals surface area contributed by atoms with Crippen LogP contribution in [0, 0.1) is 13.8 Å². The van der Waals surface area contributed by atoms with E-state index in [0.717, 1.165) is 28.5 Å². The first kappa shape index (κ1) is 14.6. The fourth-order valence-corrected chi connectivity index (χ4v) is 2.77. The molecule has 2 heterocycles. The van der Waals surface area contributed by atoms with Gasteiger partial charge in [0.15, 0.2) is 0 Å². The highest BCUT2D eigenvalue weighted by Gasteiger charge is 2.14. The Morgan fingerprint density at radius 1 is 1.27 bits per heavy atom. The molecule has 3 rings (SSSR count). The van der Waals surface area contributed by atoms with Crippen molar-refractivity contribution < 1.29 is 9.26 Å². The van der Waals surface area contributed by atoms with Gasteiger partial charge in [-0.25, -0.2) is 0 Å². The van der Waals surface area contributed by atoms with Crippen molar-refractivity contribution in [3.63, 3.8) is 0 Å². The molecule has 3 aromatic rings. The van der Waals surface area contributed by atoms with Crippen LogP contribution in [-0.2, 0) is 5.75 Å². The molecule has 0 fully saturated rings. The van der Waals surface area contributed by atoms with Crippen molar-refractivity contribution in [2.75, 3.05) is 7.11 Å². The fraction of sp³-hybridized carbons (Fsp3) is 0.286. The monoisotopic (exact) mass is 317 g/mol. The van der Waals surface area contributed by atoms with Crippen molar-refractivity contribution in [3.05, 3.63) is 41.3 Å². The van der Waals surface area contributed by atoms with Crippen molar-refractivity contribution in [1.82, 2.24) is 25.4 Å². The first-order valence-electron chi connectivity index (χ1n) is 6.66. The normalized spacial score (nSPS) is 10.9. The molecule has 22 heavy (non-hydrogen) atoms. The summed E-state index contributed by atoms with van der Waals surface area (Å²) in [5.74, 6) is 2.14. The maximum atomic E-state index is 5.39. The van der Waals surface area contributed by atoms with Gasteiger partial charge in [0.1, 0.15) is 17.2 Å². The maximum Gasteiger partial charge on any atom is 0.214 e. The minimum atomic E-state index is 0.631. The zero-order valence-corrected chi connectivity index (χ0v) is 13.3. The van der Waals surface area contributed by atoms with Gasteiger partial charge in [0.2, 0.25) is 5.16 Å². The lowest BCUT2D eigenvalue weighted by Crippen LogP contribution is -2.02. The second-order valence-electron chi connectivity index (χ2n) is 4.77. The van der Waals surface area contributed by atoms with Crippen LogP contribution in [0.2, 0.25) is 0 Å². The van der Waals surface area contributed by atoms with Crippen molar-refractivity contribution in [1.29, 1.82) is 0 Å². The third-order valence-electron chi connectivity index (χ3n) is 3.03. The number of hydrogen-bond donors (Lipinski definition) is 0. The van der Waals surface area contributed by atoms with Crippen LogP contribution in [0.1, 0.15) is 17.0 Å². The van der Waals surface area contributed by atoms with E-state index in [-0.39, 0.29) is 0 Å². The topological polar surface area (TPSA) is 78.9 Å². The predicted molar refractivity (Wildman–Crippen MR) is 81.2 cm³/mol. The number of tetrazole rings is 1. The number of aryl methyl sites for hydroxylation is 2. The molecule has 1 aromatic carbocycles. The van der Waals surface area contributed by atoms with Crippen LogP contribution in [-0.4, -0.2) is 32.5 Å². The SMILES string of the molecule is COc1ccc(C)cc1-n1nnnc1SCc1cc(C)on1. The van der Waals surface area contributed by atoms with Crippen molar-refractivity contribution in [2.24, 2.45) is 0 Å². The number of benzene rings is 1.